The molecule has 5 heteroatoms. The Balaban J connectivity index is 2.79. The zero-order chi connectivity index (χ0) is 13.2. The SMILES string of the molecule is CC(C)C(C(=O)OC(C)(C)C)N1CCNC1=O. The van der Waals surface area contributed by atoms with Crippen molar-refractivity contribution in [3.8, 4) is 0 Å². The molecule has 1 N–H and O–H groups in total. The molecule has 0 spiro atoms. The van der Waals surface area contributed by atoms with Crippen molar-refractivity contribution < 1.29 is 14.3 Å². The summed E-state index contributed by atoms with van der Waals surface area (Å²) >= 11 is 0. The van der Waals surface area contributed by atoms with Gasteiger partial charge in [-0.05, 0) is 26.7 Å². The van der Waals surface area contributed by atoms with Crippen molar-refractivity contribution >= 4 is 12.0 Å². The fourth-order valence-electron chi connectivity index (χ4n) is 1.87. The largest absolute Gasteiger partial charge is 0.458 e. The molecule has 0 radical (unpaired) electrons. The summed E-state index contributed by atoms with van der Waals surface area (Å²) in [6.45, 7) is 10.5. The summed E-state index contributed by atoms with van der Waals surface area (Å²) in [6, 6.07) is -0.689. The number of amides is 2. The first-order valence-electron chi connectivity index (χ1n) is 5.99. The normalized spacial score (nSPS) is 18.2. The van der Waals surface area contributed by atoms with Gasteiger partial charge in [0, 0.05) is 13.1 Å². The van der Waals surface area contributed by atoms with Crippen LogP contribution in [0.25, 0.3) is 0 Å². The lowest BCUT2D eigenvalue weighted by molar-refractivity contribution is -0.161. The van der Waals surface area contributed by atoms with Crippen molar-refractivity contribution in [2.75, 3.05) is 13.1 Å². The third-order valence-corrected chi connectivity index (χ3v) is 2.51. The molecule has 1 unspecified atom stereocenters. The van der Waals surface area contributed by atoms with Crippen LogP contribution in [0, 0.1) is 5.92 Å². The first kappa shape index (κ1) is 13.8. The van der Waals surface area contributed by atoms with Crippen LogP contribution in [-0.4, -0.2) is 41.6 Å². The highest BCUT2D eigenvalue weighted by atomic mass is 16.6. The average Bonchev–Trinajstić information content (AvgIpc) is 2.48. The van der Waals surface area contributed by atoms with Crippen LogP contribution < -0.4 is 5.32 Å². The molecule has 0 bridgehead atoms. The Morgan fingerprint density at radius 2 is 2.00 bits per heavy atom. The molecule has 1 aliphatic heterocycles. The van der Waals surface area contributed by atoms with Crippen molar-refractivity contribution in [3.05, 3.63) is 0 Å². The number of hydrogen-bond acceptors (Lipinski definition) is 3. The number of esters is 1. The minimum absolute atomic E-state index is 0.0358. The van der Waals surface area contributed by atoms with Crippen molar-refractivity contribution in [1.82, 2.24) is 10.2 Å². The van der Waals surface area contributed by atoms with E-state index in [-0.39, 0.29) is 17.9 Å². The molecule has 17 heavy (non-hydrogen) atoms. The van der Waals surface area contributed by atoms with E-state index in [0.29, 0.717) is 13.1 Å². The Bertz CT molecular complexity index is 307. The molecule has 0 aromatic carbocycles. The van der Waals surface area contributed by atoms with Crippen molar-refractivity contribution in [3.63, 3.8) is 0 Å². The molecule has 5 nitrogen and oxygen atoms in total. The van der Waals surface area contributed by atoms with Crippen LogP contribution in [0.4, 0.5) is 4.79 Å². The van der Waals surface area contributed by atoms with E-state index in [1.54, 1.807) is 4.90 Å². The van der Waals surface area contributed by atoms with E-state index in [9.17, 15) is 9.59 Å². The number of carbonyl (C=O) groups excluding carboxylic acids is 2. The Labute approximate surface area is 102 Å². The third kappa shape index (κ3) is 3.61. The fourth-order valence-corrected chi connectivity index (χ4v) is 1.87. The summed E-state index contributed by atoms with van der Waals surface area (Å²) in [5.41, 5.74) is -0.527. The van der Waals surface area contributed by atoms with Gasteiger partial charge < -0.3 is 15.0 Å². The molecule has 1 heterocycles. The number of nitrogens with one attached hydrogen (secondary N) is 1. The van der Waals surface area contributed by atoms with Crippen LogP contribution in [0.2, 0.25) is 0 Å². The van der Waals surface area contributed by atoms with Crippen molar-refractivity contribution in [2.24, 2.45) is 5.92 Å². The maximum Gasteiger partial charge on any atom is 0.329 e. The predicted octanol–water partition coefficient (Wildman–Crippen LogP) is 1.38. The van der Waals surface area contributed by atoms with Gasteiger partial charge in [0.1, 0.15) is 11.6 Å². The minimum atomic E-state index is -0.527. The van der Waals surface area contributed by atoms with Crippen LogP contribution in [-0.2, 0) is 9.53 Å². The second-order valence-electron chi connectivity index (χ2n) is 5.65. The van der Waals surface area contributed by atoms with E-state index in [2.05, 4.69) is 5.32 Å². The first-order chi connectivity index (χ1) is 7.72. The molecule has 2 amide bonds. The number of rotatable bonds is 3. The smallest absolute Gasteiger partial charge is 0.329 e. The Hall–Kier alpha value is -1.26. The van der Waals surface area contributed by atoms with Gasteiger partial charge in [-0.15, -0.1) is 0 Å². The van der Waals surface area contributed by atoms with E-state index < -0.39 is 11.6 Å². The van der Waals surface area contributed by atoms with Crippen LogP contribution >= 0.6 is 0 Å². The number of urea groups is 1. The average molecular weight is 242 g/mol. The highest BCUT2D eigenvalue weighted by Crippen LogP contribution is 2.18. The van der Waals surface area contributed by atoms with Crippen LogP contribution in [0.3, 0.4) is 0 Å². The van der Waals surface area contributed by atoms with Gasteiger partial charge in [0.25, 0.3) is 0 Å². The van der Waals surface area contributed by atoms with Gasteiger partial charge in [0.2, 0.25) is 0 Å². The number of ether oxygens (including phenoxy) is 1. The Morgan fingerprint density at radius 1 is 1.41 bits per heavy atom. The lowest BCUT2D eigenvalue weighted by Gasteiger charge is -2.31. The molecule has 0 aromatic rings. The van der Waals surface area contributed by atoms with E-state index in [1.807, 2.05) is 34.6 Å². The van der Waals surface area contributed by atoms with Gasteiger partial charge in [-0.2, -0.15) is 0 Å². The van der Waals surface area contributed by atoms with Gasteiger partial charge in [0.05, 0.1) is 0 Å². The summed E-state index contributed by atoms with van der Waals surface area (Å²) in [5, 5.41) is 2.70. The summed E-state index contributed by atoms with van der Waals surface area (Å²) < 4.78 is 5.36. The van der Waals surface area contributed by atoms with Gasteiger partial charge in [-0.3, -0.25) is 0 Å². The van der Waals surface area contributed by atoms with Crippen LogP contribution in [0.15, 0.2) is 0 Å². The predicted molar refractivity (Wildman–Crippen MR) is 64.6 cm³/mol. The second kappa shape index (κ2) is 4.94. The Kier molecular flexibility index (Phi) is 4.01. The molecule has 0 aliphatic carbocycles. The second-order valence-corrected chi connectivity index (χ2v) is 5.65. The van der Waals surface area contributed by atoms with Gasteiger partial charge in [-0.25, -0.2) is 9.59 Å². The Morgan fingerprint density at radius 3 is 2.35 bits per heavy atom. The first-order valence-corrected chi connectivity index (χ1v) is 5.99. The van der Waals surface area contributed by atoms with Crippen LogP contribution in [0.5, 0.6) is 0 Å². The van der Waals surface area contributed by atoms with Crippen molar-refractivity contribution in [1.29, 1.82) is 0 Å². The van der Waals surface area contributed by atoms with Gasteiger partial charge in [-0.1, -0.05) is 13.8 Å². The zero-order valence-corrected chi connectivity index (χ0v) is 11.2. The molecule has 1 fully saturated rings. The molecule has 1 atom stereocenters. The minimum Gasteiger partial charge on any atom is -0.458 e. The molecule has 1 saturated heterocycles. The molecule has 1 rings (SSSR count). The molecule has 0 saturated carbocycles. The number of carbonyl (C=O) groups is 2. The number of hydrogen-bond donors (Lipinski definition) is 1. The van der Waals surface area contributed by atoms with Gasteiger partial charge in [0.15, 0.2) is 0 Å². The van der Waals surface area contributed by atoms with E-state index in [0.717, 1.165) is 0 Å². The molecular weight excluding hydrogens is 220 g/mol. The lowest BCUT2D eigenvalue weighted by Crippen LogP contribution is -2.48. The highest BCUT2D eigenvalue weighted by molar-refractivity contribution is 5.85. The highest BCUT2D eigenvalue weighted by Gasteiger charge is 2.37. The third-order valence-electron chi connectivity index (χ3n) is 2.51. The molecule has 1 aliphatic rings. The van der Waals surface area contributed by atoms with Crippen molar-refractivity contribution in [2.45, 2.75) is 46.3 Å². The molecular formula is C12H22N2O3. The van der Waals surface area contributed by atoms with E-state index >= 15 is 0 Å². The lowest BCUT2D eigenvalue weighted by atomic mass is 10.0. The summed E-state index contributed by atoms with van der Waals surface area (Å²) in [5.74, 6) is -0.293. The quantitative estimate of drug-likeness (QED) is 0.761. The standard InChI is InChI=1S/C12H22N2O3/c1-8(2)9(10(15)17-12(3,4)5)14-7-6-13-11(14)16/h8-9H,6-7H2,1-5H3,(H,13,16). The topological polar surface area (TPSA) is 58.6 Å². The molecule has 98 valence electrons. The summed E-state index contributed by atoms with van der Waals surface area (Å²) in [4.78, 5) is 25.2. The monoisotopic (exact) mass is 242 g/mol. The maximum atomic E-state index is 12.1. The zero-order valence-electron chi connectivity index (χ0n) is 11.2. The van der Waals surface area contributed by atoms with E-state index in [1.165, 1.54) is 0 Å². The maximum absolute atomic E-state index is 12.1. The number of nitrogens with zero attached hydrogens (tertiary/aromatic N) is 1. The fraction of sp³-hybridized carbons (Fsp3) is 0.833. The van der Waals surface area contributed by atoms with Gasteiger partial charge >= 0.3 is 12.0 Å². The summed E-state index contributed by atoms with van der Waals surface area (Å²) in [7, 11) is 0. The van der Waals surface area contributed by atoms with E-state index in [4.69, 9.17) is 4.74 Å². The molecule has 0 aromatic heterocycles. The summed E-state index contributed by atoms with van der Waals surface area (Å²) in [6.07, 6.45) is 0. The van der Waals surface area contributed by atoms with Crippen LogP contribution in [0.1, 0.15) is 34.6 Å².